The molecule has 0 saturated carbocycles. The average Bonchev–Trinajstić information content (AvgIpc) is 3.00. The summed E-state index contributed by atoms with van der Waals surface area (Å²) in [5.74, 6) is 1.38. The van der Waals surface area contributed by atoms with Crippen LogP contribution in [0.15, 0.2) is 37.1 Å². The first-order chi connectivity index (χ1) is 13.2. The molecule has 3 fully saturated rings. The Labute approximate surface area is 156 Å². The molecule has 3 aliphatic heterocycles. The fraction of sp³-hybridized carbons (Fsp3) is 0.421. The number of rotatable bonds is 2. The number of aryl methyl sites for hydroxylation is 1. The Hall–Kier alpha value is -3.03. The Balaban J connectivity index is 1.45. The highest BCUT2D eigenvalue weighted by atomic mass is 16.2. The van der Waals surface area contributed by atoms with Gasteiger partial charge in [-0.25, -0.2) is 14.5 Å². The minimum Gasteiger partial charge on any atom is -0.353 e. The topological polar surface area (TPSA) is 79.5 Å². The van der Waals surface area contributed by atoms with E-state index in [9.17, 15) is 4.79 Å². The van der Waals surface area contributed by atoms with Gasteiger partial charge in [-0.3, -0.25) is 9.78 Å². The van der Waals surface area contributed by atoms with Gasteiger partial charge >= 0.3 is 0 Å². The van der Waals surface area contributed by atoms with E-state index in [-0.39, 0.29) is 11.9 Å². The van der Waals surface area contributed by atoms with Crippen molar-refractivity contribution in [3.63, 3.8) is 0 Å². The first-order valence-corrected chi connectivity index (χ1v) is 9.32. The van der Waals surface area contributed by atoms with Crippen LogP contribution in [0.5, 0.6) is 0 Å². The number of amides is 1. The van der Waals surface area contributed by atoms with Crippen molar-refractivity contribution in [2.75, 3.05) is 24.5 Å². The van der Waals surface area contributed by atoms with Crippen LogP contribution in [0, 0.1) is 12.8 Å². The zero-order valence-corrected chi connectivity index (χ0v) is 15.2. The Bertz CT molecular complexity index is 986. The van der Waals surface area contributed by atoms with E-state index in [2.05, 4.69) is 25.0 Å². The SMILES string of the molecule is Cc1c(C(=O)N2C[C@H]3CC[C@@H]2CN(c2cnccn2)C3)cnc2ccnn12. The lowest BCUT2D eigenvalue weighted by atomic mass is 9.94. The van der Waals surface area contributed by atoms with E-state index in [0.29, 0.717) is 11.5 Å². The van der Waals surface area contributed by atoms with Crippen molar-refractivity contribution in [2.24, 2.45) is 5.92 Å². The van der Waals surface area contributed by atoms with Crippen molar-refractivity contribution in [3.05, 3.63) is 48.3 Å². The highest BCUT2D eigenvalue weighted by molar-refractivity contribution is 5.95. The summed E-state index contributed by atoms with van der Waals surface area (Å²) in [7, 11) is 0. The maximum atomic E-state index is 13.4. The fourth-order valence-electron chi connectivity index (χ4n) is 4.33. The van der Waals surface area contributed by atoms with E-state index in [1.807, 2.05) is 17.9 Å². The van der Waals surface area contributed by atoms with Crippen molar-refractivity contribution in [3.8, 4) is 0 Å². The highest BCUT2D eigenvalue weighted by Crippen LogP contribution is 2.31. The molecule has 3 aliphatic rings. The lowest BCUT2D eigenvalue weighted by molar-refractivity contribution is 0.0590. The van der Waals surface area contributed by atoms with E-state index >= 15 is 0 Å². The molecule has 8 nitrogen and oxygen atoms in total. The smallest absolute Gasteiger partial charge is 0.257 e. The second kappa shape index (κ2) is 6.29. The minimum absolute atomic E-state index is 0.0492. The van der Waals surface area contributed by atoms with E-state index in [4.69, 9.17) is 0 Å². The zero-order valence-electron chi connectivity index (χ0n) is 15.2. The third-order valence-corrected chi connectivity index (χ3v) is 5.73. The van der Waals surface area contributed by atoms with Crippen LogP contribution in [0.4, 0.5) is 5.82 Å². The molecule has 0 radical (unpaired) electrons. The standard InChI is InChI=1S/C19H21N7O/c1-13-16(8-22-17-4-5-23-26(13)17)19(27)25-11-14-2-3-15(25)12-24(10-14)18-9-20-6-7-21-18/h4-9,14-15H,2-3,10-12H2,1H3/t14-,15+/m0/s1. The number of carbonyl (C=O) groups is 1. The number of nitrogens with zero attached hydrogens (tertiary/aromatic N) is 7. The molecule has 0 N–H and O–H groups in total. The van der Waals surface area contributed by atoms with Crippen LogP contribution in [0.25, 0.3) is 5.65 Å². The molecule has 2 bridgehead atoms. The van der Waals surface area contributed by atoms with E-state index in [0.717, 1.165) is 49.6 Å². The predicted molar refractivity (Wildman–Crippen MR) is 99.5 cm³/mol. The Morgan fingerprint density at radius 1 is 1.07 bits per heavy atom. The van der Waals surface area contributed by atoms with Crippen molar-refractivity contribution in [1.82, 2.24) is 29.5 Å². The van der Waals surface area contributed by atoms with Crippen LogP contribution in [0.2, 0.25) is 0 Å². The summed E-state index contributed by atoms with van der Waals surface area (Å²) in [6.07, 6.45) is 10.8. The molecule has 0 unspecified atom stereocenters. The largest absolute Gasteiger partial charge is 0.353 e. The maximum absolute atomic E-state index is 13.4. The van der Waals surface area contributed by atoms with Crippen LogP contribution in [0.1, 0.15) is 28.9 Å². The van der Waals surface area contributed by atoms with Gasteiger partial charge in [0.1, 0.15) is 5.82 Å². The van der Waals surface area contributed by atoms with E-state index in [1.165, 1.54) is 0 Å². The van der Waals surface area contributed by atoms with Crippen molar-refractivity contribution in [2.45, 2.75) is 25.8 Å². The molecule has 3 aromatic rings. The predicted octanol–water partition coefficient (Wildman–Crippen LogP) is 1.57. The molecule has 138 valence electrons. The fourth-order valence-corrected chi connectivity index (χ4v) is 4.33. The van der Waals surface area contributed by atoms with Gasteiger partial charge in [-0.1, -0.05) is 0 Å². The van der Waals surface area contributed by atoms with Crippen LogP contribution in [-0.4, -0.2) is 61.0 Å². The summed E-state index contributed by atoms with van der Waals surface area (Å²) >= 11 is 0. The van der Waals surface area contributed by atoms with Gasteiger partial charge in [-0.15, -0.1) is 0 Å². The van der Waals surface area contributed by atoms with Crippen LogP contribution >= 0.6 is 0 Å². The third-order valence-electron chi connectivity index (χ3n) is 5.73. The second-order valence-electron chi connectivity index (χ2n) is 7.38. The van der Waals surface area contributed by atoms with Crippen molar-refractivity contribution >= 4 is 17.4 Å². The number of anilines is 1. The van der Waals surface area contributed by atoms with Gasteiger partial charge in [0.25, 0.3) is 5.91 Å². The summed E-state index contributed by atoms with van der Waals surface area (Å²) < 4.78 is 1.73. The normalized spacial score (nSPS) is 22.3. The Morgan fingerprint density at radius 2 is 2.00 bits per heavy atom. The van der Waals surface area contributed by atoms with Crippen LogP contribution in [-0.2, 0) is 0 Å². The summed E-state index contributed by atoms with van der Waals surface area (Å²) in [5.41, 5.74) is 2.22. The van der Waals surface area contributed by atoms with Gasteiger partial charge in [0, 0.05) is 50.3 Å². The molecule has 6 heterocycles. The monoisotopic (exact) mass is 363 g/mol. The average molecular weight is 363 g/mol. The number of aromatic nitrogens is 5. The Kier molecular flexibility index (Phi) is 3.77. The molecule has 0 spiro atoms. The summed E-state index contributed by atoms with van der Waals surface area (Å²) in [6.45, 7) is 4.40. The molecule has 27 heavy (non-hydrogen) atoms. The van der Waals surface area contributed by atoms with Gasteiger partial charge in [-0.2, -0.15) is 5.10 Å². The van der Waals surface area contributed by atoms with Crippen LogP contribution in [0.3, 0.4) is 0 Å². The molecule has 3 saturated heterocycles. The molecule has 3 aromatic heterocycles. The summed E-state index contributed by atoms with van der Waals surface area (Å²) in [4.78, 5) is 30.7. The second-order valence-corrected chi connectivity index (χ2v) is 7.38. The van der Waals surface area contributed by atoms with Gasteiger partial charge in [0.2, 0.25) is 0 Å². The summed E-state index contributed by atoms with van der Waals surface area (Å²) in [5, 5.41) is 4.28. The molecule has 1 amide bonds. The lowest BCUT2D eigenvalue weighted by Gasteiger charge is -2.36. The first kappa shape index (κ1) is 16.2. The molecule has 2 atom stereocenters. The quantitative estimate of drug-likeness (QED) is 0.688. The van der Waals surface area contributed by atoms with Gasteiger partial charge in [0.05, 0.1) is 23.7 Å². The Morgan fingerprint density at radius 3 is 2.85 bits per heavy atom. The van der Waals surface area contributed by atoms with E-state index < -0.39 is 0 Å². The molecule has 0 aliphatic carbocycles. The number of fused-ring (bicyclic) bond motifs is 5. The van der Waals surface area contributed by atoms with Gasteiger partial charge in [-0.05, 0) is 25.7 Å². The number of piperidine rings is 1. The number of carbonyl (C=O) groups excluding carboxylic acids is 1. The molecular formula is C19H21N7O. The zero-order chi connectivity index (χ0) is 18.4. The molecule has 0 aromatic carbocycles. The maximum Gasteiger partial charge on any atom is 0.257 e. The number of hydrogen-bond donors (Lipinski definition) is 0. The molecular weight excluding hydrogens is 342 g/mol. The lowest BCUT2D eigenvalue weighted by Crippen LogP contribution is -2.47. The minimum atomic E-state index is 0.0492. The first-order valence-electron chi connectivity index (χ1n) is 9.32. The van der Waals surface area contributed by atoms with E-state index in [1.54, 1.807) is 35.5 Å². The third kappa shape index (κ3) is 2.72. The molecule has 6 rings (SSSR count). The van der Waals surface area contributed by atoms with Crippen molar-refractivity contribution < 1.29 is 4.79 Å². The van der Waals surface area contributed by atoms with Crippen LogP contribution < -0.4 is 4.90 Å². The molecule has 8 heteroatoms. The van der Waals surface area contributed by atoms with Gasteiger partial charge < -0.3 is 9.80 Å². The highest BCUT2D eigenvalue weighted by Gasteiger charge is 2.38. The van der Waals surface area contributed by atoms with Crippen molar-refractivity contribution in [1.29, 1.82) is 0 Å². The number of hydrogen-bond acceptors (Lipinski definition) is 6. The summed E-state index contributed by atoms with van der Waals surface area (Å²) in [6, 6.07) is 2.01. The van der Waals surface area contributed by atoms with Gasteiger partial charge in [0.15, 0.2) is 5.65 Å².